The zero-order valence-corrected chi connectivity index (χ0v) is 11.5. The van der Waals surface area contributed by atoms with Crippen LogP contribution in [0.4, 0.5) is 5.69 Å². The van der Waals surface area contributed by atoms with Gasteiger partial charge in [0.25, 0.3) is 5.69 Å². The lowest BCUT2D eigenvalue weighted by Gasteiger charge is -2.41. The zero-order chi connectivity index (χ0) is 14.9. The van der Waals surface area contributed by atoms with Crippen molar-refractivity contribution in [2.45, 2.75) is 45.1 Å². The Morgan fingerprint density at radius 3 is 2.50 bits per heavy atom. The molecule has 1 aromatic carbocycles. The van der Waals surface area contributed by atoms with Crippen LogP contribution >= 0.6 is 0 Å². The highest BCUT2D eigenvalue weighted by atomic mass is 16.6. The van der Waals surface area contributed by atoms with Crippen LogP contribution in [-0.4, -0.2) is 21.6 Å². The molecule has 0 radical (unpaired) electrons. The SMILES string of the molecule is Cc1cc([N+](=O)[O-])c(C)cc1OC1(CC(=O)O)CCC1. The number of nitro benzene ring substituents is 1. The van der Waals surface area contributed by atoms with Crippen molar-refractivity contribution in [3.05, 3.63) is 33.4 Å². The van der Waals surface area contributed by atoms with Gasteiger partial charge in [-0.1, -0.05) is 0 Å². The lowest BCUT2D eigenvalue weighted by molar-refractivity contribution is -0.385. The molecule has 20 heavy (non-hydrogen) atoms. The minimum Gasteiger partial charge on any atom is -0.486 e. The van der Waals surface area contributed by atoms with Gasteiger partial charge < -0.3 is 9.84 Å². The third kappa shape index (κ3) is 2.74. The van der Waals surface area contributed by atoms with Crippen molar-refractivity contribution in [1.82, 2.24) is 0 Å². The lowest BCUT2D eigenvalue weighted by atomic mass is 9.77. The Balaban J connectivity index is 2.27. The summed E-state index contributed by atoms with van der Waals surface area (Å²) in [5.41, 5.74) is 0.564. The molecular formula is C14H17NO5. The van der Waals surface area contributed by atoms with E-state index >= 15 is 0 Å². The van der Waals surface area contributed by atoms with Gasteiger partial charge in [0.1, 0.15) is 11.4 Å². The van der Waals surface area contributed by atoms with E-state index in [2.05, 4.69) is 0 Å². The van der Waals surface area contributed by atoms with E-state index in [1.807, 2.05) is 0 Å². The number of ether oxygens (including phenoxy) is 1. The number of aliphatic carboxylic acids is 1. The molecule has 0 amide bonds. The largest absolute Gasteiger partial charge is 0.486 e. The first-order chi connectivity index (χ1) is 9.33. The molecular weight excluding hydrogens is 262 g/mol. The highest BCUT2D eigenvalue weighted by Gasteiger charge is 2.42. The molecule has 1 saturated carbocycles. The second-order valence-electron chi connectivity index (χ2n) is 5.37. The number of carbonyl (C=O) groups is 1. The second-order valence-corrected chi connectivity index (χ2v) is 5.37. The summed E-state index contributed by atoms with van der Waals surface area (Å²) in [6, 6.07) is 3.09. The average Bonchev–Trinajstić information content (AvgIpc) is 2.29. The first-order valence-electron chi connectivity index (χ1n) is 6.49. The maximum atomic E-state index is 10.9. The molecule has 2 rings (SSSR count). The van der Waals surface area contributed by atoms with Gasteiger partial charge in [-0.25, -0.2) is 0 Å². The molecule has 0 atom stereocenters. The average molecular weight is 279 g/mol. The molecule has 1 aromatic rings. The molecule has 1 N–H and O–H groups in total. The molecule has 0 spiro atoms. The summed E-state index contributed by atoms with van der Waals surface area (Å²) in [5.74, 6) is -0.352. The Bertz CT molecular complexity index is 563. The second kappa shape index (κ2) is 5.11. The molecule has 0 bridgehead atoms. The number of hydrogen-bond acceptors (Lipinski definition) is 4. The molecule has 0 aliphatic heterocycles. The summed E-state index contributed by atoms with van der Waals surface area (Å²) in [7, 11) is 0. The van der Waals surface area contributed by atoms with Gasteiger partial charge in [0.15, 0.2) is 0 Å². The molecule has 0 heterocycles. The number of rotatable bonds is 5. The van der Waals surface area contributed by atoms with Gasteiger partial charge in [-0.05, 0) is 44.7 Å². The highest BCUT2D eigenvalue weighted by Crippen LogP contribution is 2.41. The number of aryl methyl sites for hydroxylation is 2. The van der Waals surface area contributed by atoms with Crippen LogP contribution in [0.25, 0.3) is 0 Å². The van der Waals surface area contributed by atoms with Crippen LogP contribution in [0.1, 0.15) is 36.8 Å². The van der Waals surface area contributed by atoms with Gasteiger partial charge in [-0.3, -0.25) is 14.9 Å². The lowest BCUT2D eigenvalue weighted by Crippen LogP contribution is -2.45. The summed E-state index contributed by atoms with van der Waals surface area (Å²) in [5, 5.41) is 19.8. The summed E-state index contributed by atoms with van der Waals surface area (Å²) >= 11 is 0. The predicted molar refractivity (Wildman–Crippen MR) is 72.0 cm³/mol. The van der Waals surface area contributed by atoms with E-state index in [0.717, 1.165) is 6.42 Å². The molecule has 6 heteroatoms. The number of carboxylic acid groups (broad SMARTS) is 1. The van der Waals surface area contributed by atoms with E-state index in [1.165, 1.54) is 6.07 Å². The molecule has 1 aliphatic rings. The van der Waals surface area contributed by atoms with Gasteiger partial charge in [0.2, 0.25) is 0 Å². The van der Waals surface area contributed by atoms with Crippen molar-refractivity contribution in [2.24, 2.45) is 0 Å². The van der Waals surface area contributed by atoms with Crippen LogP contribution in [0, 0.1) is 24.0 Å². The minimum atomic E-state index is -0.888. The fourth-order valence-corrected chi connectivity index (χ4v) is 2.48. The number of nitro groups is 1. The first-order valence-corrected chi connectivity index (χ1v) is 6.49. The van der Waals surface area contributed by atoms with E-state index in [-0.39, 0.29) is 12.1 Å². The topological polar surface area (TPSA) is 89.7 Å². The van der Waals surface area contributed by atoms with Crippen LogP contribution in [0.3, 0.4) is 0 Å². The predicted octanol–water partition coefficient (Wildman–Crippen LogP) is 2.99. The van der Waals surface area contributed by atoms with E-state index in [4.69, 9.17) is 9.84 Å². The minimum absolute atomic E-state index is 0.0392. The van der Waals surface area contributed by atoms with Crippen LogP contribution in [0.5, 0.6) is 5.75 Å². The summed E-state index contributed by atoms with van der Waals surface area (Å²) < 4.78 is 5.89. The van der Waals surface area contributed by atoms with E-state index in [0.29, 0.717) is 29.7 Å². The Labute approximate surface area is 116 Å². The Hall–Kier alpha value is -2.11. The van der Waals surface area contributed by atoms with Gasteiger partial charge in [0.05, 0.1) is 11.3 Å². The fourth-order valence-electron chi connectivity index (χ4n) is 2.48. The number of nitrogens with zero attached hydrogens (tertiary/aromatic N) is 1. The van der Waals surface area contributed by atoms with Crippen molar-refractivity contribution < 1.29 is 19.6 Å². The van der Waals surface area contributed by atoms with Crippen molar-refractivity contribution in [1.29, 1.82) is 0 Å². The van der Waals surface area contributed by atoms with Crippen LogP contribution < -0.4 is 4.74 Å². The molecule has 0 unspecified atom stereocenters. The standard InChI is InChI=1S/C14H17NO5/c1-9-7-12(10(2)6-11(9)15(18)19)20-14(4-3-5-14)8-13(16)17/h6-7H,3-5,8H2,1-2H3,(H,16,17). The third-order valence-electron chi connectivity index (χ3n) is 3.75. The smallest absolute Gasteiger partial charge is 0.307 e. The van der Waals surface area contributed by atoms with Crippen molar-refractivity contribution in [3.8, 4) is 5.75 Å². The fraction of sp³-hybridized carbons (Fsp3) is 0.500. The van der Waals surface area contributed by atoms with Crippen LogP contribution in [-0.2, 0) is 4.79 Å². The Kier molecular flexibility index (Phi) is 3.65. The summed E-state index contributed by atoms with van der Waals surface area (Å²) in [6.45, 7) is 3.38. The normalized spacial score (nSPS) is 16.3. The van der Waals surface area contributed by atoms with Gasteiger partial charge >= 0.3 is 5.97 Å². The third-order valence-corrected chi connectivity index (χ3v) is 3.75. The maximum absolute atomic E-state index is 10.9. The molecule has 108 valence electrons. The quantitative estimate of drug-likeness (QED) is 0.661. The highest BCUT2D eigenvalue weighted by molar-refractivity contribution is 5.68. The maximum Gasteiger partial charge on any atom is 0.307 e. The van der Waals surface area contributed by atoms with Gasteiger partial charge in [-0.2, -0.15) is 0 Å². The zero-order valence-electron chi connectivity index (χ0n) is 11.5. The number of carboxylic acids is 1. The van der Waals surface area contributed by atoms with Crippen molar-refractivity contribution in [3.63, 3.8) is 0 Å². The molecule has 1 aliphatic carbocycles. The summed E-state index contributed by atoms with van der Waals surface area (Å²) in [4.78, 5) is 21.4. The Morgan fingerprint density at radius 2 is 2.05 bits per heavy atom. The molecule has 6 nitrogen and oxygen atoms in total. The van der Waals surface area contributed by atoms with E-state index in [1.54, 1.807) is 19.9 Å². The van der Waals surface area contributed by atoms with Crippen LogP contribution in [0.15, 0.2) is 12.1 Å². The Morgan fingerprint density at radius 1 is 1.40 bits per heavy atom. The number of hydrogen-bond donors (Lipinski definition) is 1. The van der Waals surface area contributed by atoms with E-state index in [9.17, 15) is 14.9 Å². The van der Waals surface area contributed by atoms with Gasteiger partial charge in [0, 0.05) is 11.6 Å². The monoisotopic (exact) mass is 279 g/mol. The molecule has 0 saturated heterocycles. The molecule has 1 fully saturated rings. The summed E-state index contributed by atoms with van der Waals surface area (Å²) in [6.07, 6.45) is 2.31. The van der Waals surface area contributed by atoms with Crippen LogP contribution in [0.2, 0.25) is 0 Å². The first kappa shape index (κ1) is 14.3. The van der Waals surface area contributed by atoms with Gasteiger partial charge in [-0.15, -0.1) is 0 Å². The number of benzene rings is 1. The van der Waals surface area contributed by atoms with E-state index < -0.39 is 16.5 Å². The molecule has 0 aromatic heterocycles. The van der Waals surface area contributed by atoms with Crippen molar-refractivity contribution >= 4 is 11.7 Å². The van der Waals surface area contributed by atoms with Crippen molar-refractivity contribution in [2.75, 3.05) is 0 Å².